The molecular weight excluding hydrogens is 180 g/mol. The van der Waals surface area contributed by atoms with E-state index in [9.17, 15) is 9.90 Å². The van der Waals surface area contributed by atoms with Crippen molar-refractivity contribution in [2.24, 2.45) is 11.7 Å². The Bertz CT molecular complexity index is 212. The van der Waals surface area contributed by atoms with E-state index in [4.69, 9.17) is 5.73 Å². The molecule has 0 aliphatic heterocycles. The second kappa shape index (κ2) is 4.28. The minimum absolute atomic E-state index is 0.131. The maximum atomic E-state index is 11.4. The largest absolute Gasteiger partial charge is 0.388 e. The Balaban J connectivity index is 2.27. The van der Waals surface area contributed by atoms with Crippen LogP contribution < -0.4 is 11.1 Å². The summed E-state index contributed by atoms with van der Waals surface area (Å²) in [7, 11) is 0. The lowest BCUT2D eigenvalue weighted by molar-refractivity contribution is -0.125. The molecule has 0 bridgehead atoms. The van der Waals surface area contributed by atoms with Gasteiger partial charge in [-0.25, -0.2) is 0 Å². The van der Waals surface area contributed by atoms with Crippen molar-refractivity contribution in [3.63, 3.8) is 0 Å². The molecule has 0 aromatic heterocycles. The van der Waals surface area contributed by atoms with E-state index >= 15 is 0 Å². The van der Waals surface area contributed by atoms with Gasteiger partial charge in [-0.05, 0) is 25.2 Å². The number of amides is 1. The Kier molecular flexibility index (Phi) is 3.50. The molecule has 82 valence electrons. The van der Waals surface area contributed by atoms with Crippen molar-refractivity contribution in [2.45, 2.75) is 44.8 Å². The normalized spacial score (nSPS) is 21.5. The minimum atomic E-state index is -0.660. The second-order valence-corrected chi connectivity index (χ2v) is 4.57. The van der Waals surface area contributed by atoms with Gasteiger partial charge in [-0.1, -0.05) is 13.8 Å². The Morgan fingerprint density at radius 3 is 2.50 bits per heavy atom. The number of nitrogens with one attached hydrogen (secondary N) is 1. The summed E-state index contributed by atoms with van der Waals surface area (Å²) in [5.74, 6) is -0.0358. The van der Waals surface area contributed by atoms with Crippen molar-refractivity contribution in [2.75, 3.05) is 6.54 Å². The van der Waals surface area contributed by atoms with Crippen molar-refractivity contribution in [1.29, 1.82) is 0 Å². The molecular formula is C10H20N2O2. The molecule has 1 aliphatic rings. The topological polar surface area (TPSA) is 75.4 Å². The molecule has 0 heterocycles. The van der Waals surface area contributed by atoms with Crippen LogP contribution in [0.4, 0.5) is 0 Å². The van der Waals surface area contributed by atoms with Crippen LogP contribution in [0.25, 0.3) is 0 Å². The van der Waals surface area contributed by atoms with Crippen LogP contribution in [0.1, 0.15) is 33.1 Å². The SMILES string of the molecule is CC(C)[C@H](N)C(=O)NCC1(O)CCC1. The Morgan fingerprint density at radius 1 is 1.57 bits per heavy atom. The van der Waals surface area contributed by atoms with E-state index in [-0.39, 0.29) is 11.8 Å². The first-order valence-electron chi connectivity index (χ1n) is 5.20. The van der Waals surface area contributed by atoms with Gasteiger partial charge in [-0.15, -0.1) is 0 Å². The monoisotopic (exact) mass is 200 g/mol. The van der Waals surface area contributed by atoms with Gasteiger partial charge in [-0.3, -0.25) is 4.79 Å². The van der Waals surface area contributed by atoms with Crippen LogP contribution in [-0.2, 0) is 4.79 Å². The first-order valence-corrected chi connectivity index (χ1v) is 5.20. The smallest absolute Gasteiger partial charge is 0.237 e. The van der Waals surface area contributed by atoms with Crippen LogP contribution in [0.3, 0.4) is 0 Å². The molecule has 1 fully saturated rings. The van der Waals surface area contributed by atoms with Gasteiger partial charge in [0.1, 0.15) is 0 Å². The van der Waals surface area contributed by atoms with Gasteiger partial charge in [0.25, 0.3) is 0 Å². The average Bonchev–Trinajstić information content (AvgIpc) is 2.09. The van der Waals surface area contributed by atoms with Crippen LogP contribution in [0.5, 0.6) is 0 Å². The van der Waals surface area contributed by atoms with Gasteiger partial charge in [0.05, 0.1) is 11.6 Å². The van der Waals surface area contributed by atoms with Gasteiger partial charge in [0, 0.05) is 6.54 Å². The van der Waals surface area contributed by atoms with Crippen LogP contribution in [-0.4, -0.2) is 29.2 Å². The summed E-state index contributed by atoms with van der Waals surface area (Å²) in [5, 5.41) is 12.4. The summed E-state index contributed by atoms with van der Waals surface area (Å²) in [6.45, 7) is 4.15. The molecule has 1 rings (SSSR count). The number of rotatable bonds is 4. The van der Waals surface area contributed by atoms with Gasteiger partial charge < -0.3 is 16.2 Å². The molecule has 0 radical (unpaired) electrons. The van der Waals surface area contributed by atoms with Crippen LogP contribution >= 0.6 is 0 Å². The van der Waals surface area contributed by atoms with E-state index in [1.165, 1.54) is 0 Å². The quantitative estimate of drug-likeness (QED) is 0.598. The molecule has 4 N–H and O–H groups in total. The van der Waals surface area contributed by atoms with E-state index in [1.54, 1.807) is 0 Å². The summed E-state index contributed by atoms with van der Waals surface area (Å²) < 4.78 is 0. The summed E-state index contributed by atoms with van der Waals surface area (Å²) in [6, 6.07) is -0.473. The van der Waals surface area contributed by atoms with E-state index < -0.39 is 11.6 Å². The summed E-state index contributed by atoms with van der Waals surface area (Å²) in [6.07, 6.45) is 2.61. The molecule has 0 saturated heterocycles. The maximum absolute atomic E-state index is 11.4. The van der Waals surface area contributed by atoms with Crippen molar-refractivity contribution < 1.29 is 9.90 Å². The van der Waals surface area contributed by atoms with Gasteiger partial charge in [0.15, 0.2) is 0 Å². The first kappa shape index (κ1) is 11.5. The van der Waals surface area contributed by atoms with Crippen molar-refractivity contribution in [1.82, 2.24) is 5.32 Å². The molecule has 1 atom stereocenters. The molecule has 0 aromatic rings. The van der Waals surface area contributed by atoms with Crippen LogP contribution in [0.15, 0.2) is 0 Å². The molecule has 1 aliphatic carbocycles. The molecule has 14 heavy (non-hydrogen) atoms. The van der Waals surface area contributed by atoms with Gasteiger partial charge in [0.2, 0.25) is 5.91 Å². The van der Waals surface area contributed by atoms with Crippen molar-refractivity contribution >= 4 is 5.91 Å². The molecule has 0 aromatic carbocycles. The fourth-order valence-electron chi connectivity index (χ4n) is 1.43. The third kappa shape index (κ3) is 2.69. The number of hydrogen-bond donors (Lipinski definition) is 3. The zero-order valence-electron chi connectivity index (χ0n) is 8.92. The first-order chi connectivity index (χ1) is 6.44. The summed E-state index contributed by atoms with van der Waals surface area (Å²) in [4.78, 5) is 11.4. The van der Waals surface area contributed by atoms with Crippen LogP contribution in [0, 0.1) is 5.92 Å². The third-order valence-corrected chi connectivity index (χ3v) is 2.90. The highest BCUT2D eigenvalue weighted by atomic mass is 16.3. The number of nitrogens with two attached hydrogens (primary N) is 1. The molecule has 1 amide bonds. The highest BCUT2D eigenvalue weighted by Gasteiger charge is 2.35. The zero-order valence-corrected chi connectivity index (χ0v) is 8.92. The number of hydrogen-bond acceptors (Lipinski definition) is 3. The highest BCUT2D eigenvalue weighted by Crippen LogP contribution is 2.30. The zero-order chi connectivity index (χ0) is 10.8. The van der Waals surface area contributed by atoms with Crippen LogP contribution in [0.2, 0.25) is 0 Å². The molecule has 0 unspecified atom stereocenters. The maximum Gasteiger partial charge on any atom is 0.237 e. The third-order valence-electron chi connectivity index (χ3n) is 2.90. The molecule has 4 nitrogen and oxygen atoms in total. The molecule has 1 saturated carbocycles. The second-order valence-electron chi connectivity index (χ2n) is 4.57. The Morgan fingerprint density at radius 2 is 2.14 bits per heavy atom. The van der Waals surface area contributed by atoms with Gasteiger partial charge in [-0.2, -0.15) is 0 Å². The van der Waals surface area contributed by atoms with Gasteiger partial charge >= 0.3 is 0 Å². The van der Waals surface area contributed by atoms with E-state index in [2.05, 4.69) is 5.32 Å². The number of carbonyl (C=O) groups is 1. The predicted molar refractivity (Wildman–Crippen MR) is 54.6 cm³/mol. The fourth-order valence-corrected chi connectivity index (χ4v) is 1.43. The summed E-state index contributed by atoms with van der Waals surface area (Å²) in [5.41, 5.74) is 4.99. The number of aliphatic hydroxyl groups is 1. The Hall–Kier alpha value is -0.610. The van der Waals surface area contributed by atoms with E-state index in [0.717, 1.165) is 19.3 Å². The fraction of sp³-hybridized carbons (Fsp3) is 0.900. The van der Waals surface area contributed by atoms with Crippen molar-refractivity contribution in [3.8, 4) is 0 Å². The average molecular weight is 200 g/mol. The molecule has 4 heteroatoms. The molecule has 0 spiro atoms. The lowest BCUT2D eigenvalue weighted by Gasteiger charge is -2.36. The summed E-state index contributed by atoms with van der Waals surface area (Å²) >= 11 is 0. The predicted octanol–water partition coefficient (Wildman–Crippen LogP) is 0.000900. The lowest BCUT2D eigenvalue weighted by atomic mass is 9.80. The van der Waals surface area contributed by atoms with E-state index in [0.29, 0.717) is 6.54 Å². The Labute approximate surface area is 84.9 Å². The highest BCUT2D eigenvalue weighted by molar-refractivity contribution is 5.81. The lowest BCUT2D eigenvalue weighted by Crippen LogP contribution is -2.52. The van der Waals surface area contributed by atoms with Crippen molar-refractivity contribution in [3.05, 3.63) is 0 Å². The number of carbonyl (C=O) groups excluding carboxylic acids is 1. The standard InChI is InChI=1S/C10H20N2O2/c1-7(2)8(11)9(13)12-6-10(14)4-3-5-10/h7-8,14H,3-6,11H2,1-2H3,(H,12,13)/t8-/m0/s1. The van der Waals surface area contributed by atoms with E-state index in [1.807, 2.05) is 13.8 Å². The minimum Gasteiger partial charge on any atom is -0.388 e.